The molecule has 0 aliphatic heterocycles. The predicted molar refractivity (Wildman–Crippen MR) is 157 cm³/mol. The van der Waals surface area contributed by atoms with E-state index in [4.69, 9.17) is 9.72 Å². The smallest absolute Gasteiger partial charge is 0.217 e. The standard InChI is InChI=1S/C32H31BrN2O3/c1-35(2,37)19-18-32(36,28-15-9-13-22-10-7-8-14-26(22)28)30(23-11-5-4-6-12-23)27-21-24-20-25(33)16-17-29(24)34-31(27)38-3/h4-17,20-21,30,36H,18-19H2,1-3H3/t30-,32-/m0/s1. The van der Waals surface area contributed by atoms with Gasteiger partial charge in [-0.25, -0.2) is 4.98 Å². The van der Waals surface area contributed by atoms with Crippen LogP contribution < -0.4 is 4.74 Å². The first-order chi connectivity index (χ1) is 18.2. The van der Waals surface area contributed by atoms with Gasteiger partial charge in [0, 0.05) is 27.8 Å². The molecule has 1 N–H and O–H groups in total. The molecule has 1 heterocycles. The van der Waals surface area contributed by atoms with Gasteiger partial charge in [-0.05, 0) is 46.2 Å². The normalized spacial score (nSPS) is 14.4. The number of fused-ring (bicyclic) bond motifs is 2. The van der Waals surface area contributed by atoms with Crippen molar-refractivity contribution in [2.24, 2.45) is 0 Å². The number of hydrogen-bond acceptors (Lipinski definition) is 4. The second-order valence-electron chi connectivity index (χ2n) is 10.3. The summed E-state index contributed by atoms with van der Waals surface area (Å²) >= 11 is 3.58. The van der Waals surface area contributed by atoms with Crippen LogP contribution in [0.1, 0.15) is 29.0 Å². The summed E-state index contributed by atoms with van der Waals surface area (Å²) in [6.07, 6.45) is 0.233. The Morgan fingerprint density at radius 3 is 2.37 bits per heavy atom. The van der Waals surface area contributed by atoms with Gasteiger partial charge in [-0.1, -0.05) is 88.7 Å². The largest absolute Gasteiger partial charge is 0.633 e. The number of rotatable bonds is 8. The third-order valence-electron chi connectivity index (χ3n) is 7.17. The van der Waals surface area contributed by atoms with E-state index < -0.39 is 16.2 Å². The van der Waals surface area contributed by atoms with Crippen LogP contribution in [0.15, 0.2) is 102 Å². The fourth-order valence-electron chi connectivity index (χ4n) is 5.35. The van der Waals surface area contributed by atoms with Crippen LogP contribution in [-0.2, 0) is 5.60 Å². The van der Waals surface area contributed by atoms with Crippen LogP contribution in [-0.4, -0.2) is 42.5 Å². The lowest BCUT2D eigenvalue weighted by Gasteiger charge is -2.42. The summed E-state index contributed by atoms with van der Waals surface area (Å²) in [5.74, 6) is -0.116. The summed E-state index contributed by atoms with van der Waals surface area (Å²) in [6.45, 7) is 0.220. The Hall–Kier alpha value is -3.29. The molecule has 0 fully saturated rings. The zero-order valence-electron chi connectivity index (χ0n) is 21.8. The number of nitrogens with zero attached hydrogens (tertiary/aromatic N) is 2. The molecule has 6 heteroatoms. The minimum atomic E-state index is -1.45. The molecule has 0 spiro atoms. The molecule has 0 radical (unpaired) electrons. The number of methoxy groups -OCH3 is 1. The molecule has 4 aromatic carbocycles. The highest BCUT2D eigenvalue weighted by molar-refractivity contribution is 9.10. The van der Waals surface area contributed by atoms with Crippen molar-refractivity contribution in [2.75, 3.05) is 27.7 Å². The summed E-state index contributed by atoms with van der Waals surface area (Å²) in [6, 6.07) is 31.9. The van der Waals surface area contributed by atoms with Crippen molar-refractivity contribution in [1.82, 2.24) is 4.98 Å². The molecule has 38 heavy (non-hydrogen) atoms. The van der Waals surface area contributed by atoms with E-state index in [0.29, 0.717) is 5.88 Å². The van der Waals surface area contributed by atoms with Crippen LogP contribution in [0.25, 0.3) is 21.7 Å². The highest BCUT2D eigenvalue weighted by Crippen LogP contribution is 2.49. The lowest BCUT2D eigenvalue weighted by molar-refractivity contribution is -0.841. The first-order valence-electron chi connectivity index (χ1n) is 12.6. The molecule has 0 bridgehead atoms. The zero-order valence-corrected chi connectivity index (χ0v) is 23.4. The van der Waals surface area contributed by atoms with E-state index in [1.54, 1.807) is 21.2 Å². The van der Waals surface area contributed by atoms with Crippen molar-refractivity contribution in [3.63, 3.8) is 0 Å². The maximum Gasteiger partial charge on any atom is 0.217 e. The van der Waals surface area contributed by atoms with E-state index in [9.17, 15) is 10.3 Å². The van der Waals surface area contributed by atoms with E-state index in [1.165, 1.54) is 0 Å². The highest BCUT2D eigenvalue weighted by atomic mass is 79.9. The number of aromatic nitrogens is 1. The van der Waals surface area contributed by atoms with Crippen molar-refractivity contribution < 1.29 is 14.5 Å². The van der Waals surface area contributed by atoms with Crippen LogP contribution >= 0.6 is 15.9 Å². The number of benzene rings is 4. The summed E-state index contributed by atoms with van der Waals surface area (Å²) in [4.78, 5) is 4.84. The van der Waals surface area contributed by atoms with Gasteiger partial charge in [0.15, 0.2) is 0 Å². The van der Waals surface area contributed by atoms with Gasteiger partial charge in [-0.15, -0.1) is 0 Å². The Bertz CT molecular complexity index is 1580. The molecule has 5 aromatic rings. The molecule has 0 saturated carbocycles. The molecule has 0 amide bonds. The van der Waals surface area contributed by atoms with Crippen LogP contribution in [0.4, 0.5) is 0 Å². The molecular formula is C32H31BrN2O3. The van der Waals surface area contributed by atoms with Gasteiger partial charge < -0.3 is 19.7 Å². The molecule has 5 nitrogen and oxygen atoms in total. The van der Waals surface area contributed by atoms with Gasteiger partial charge in [0.05, 0.1) is 33.3 Å². The lowest BCUT2D eigenvalue weighted by atomic mass is 9.70. The fraction of sp³-hybridized carbons (Fsp3) is 0.219. The number of ether oxygens (including phenoxy) is 1. The number of hydroxylamine groups is 3. The molecular weight excluding hydrogens is 540 g/mol. The molecule has 0 unspecified atom stereocenters. The van der Waals surface area contributed by atoms with Crippen LogP contribution in [0.3, 0.4) is 0 Å². The number of hydrogen-bond donors (Lipinski definition) is 1. The Morgan fingerprint density at radius 1 is 0.921 bits per heavy atom. The van der Waals surface area contributed by atoms with Crippen LogP contribution in [0.2, 0.25) is 0 Å². The monoisotopic (exact) mass is 570 g/mol. The van der Waals surface area contributed by atoms with Gasteiger partial charge in [0.1, 0.15) is 5.60 Å². The number of quaternary nitrogens is 1. The van der Waals surface area contributed by atoms with Gasteiger partial charge >= 0.3 is 0 Å². The number of pyridine rings is 1. The van der Waals surface area contributed by atoms with E-state index >= 15 is 0 Å². The van der Waals surface area contributed by atoms with E-state index in [-0.39, 0.29) is 13.0 Å². The molecule has 194 valence electrons. The van der Waals surface area contributed by atoms with E-state index in [0.717, 1.165) is 42.8 Å². The second-order valence-corrected chi connectivity index (χ2v) is 11.2. The summed E-state index contributed by atoms with van der Waals surface area (Å²) < 4.78 is 6.27. The van der Waals surface area contributed by atoms with Crippen LogP contribution in [0.5, 0.6) is 5.88 Å². The van der Waals surface area contributed by atoms with Crippen molar-refractivity contribution >= 4 is 37.6 Å². The van der Waals surface area contributed by atoms with Crippen molar-refractivity contribution in [2.45, 2.75) is 17.9 Å². The first-order valence-corrected chi connectivity index (χ1v) is 13.4. The quantitative estimate of drug-likeness (QED) is 0.159. The summed E-state index contributed by atoms with van der Waals surface area (Å²) in [5, 5.41) is 28.8. The molecule has 5 rings (SSSR count). The average molecular weight is 572 g/mol. The molecule has 2 atom stereocenters. The van der Waals surface area contributed by atoms with Gasteiger partial charge in [-0.3, -0.25) is 0 Å². The predicted octanol–water partition coefficient (Wildman–Crippen LogP) is 7.14. The molecule has 0 aliphatic rings. The number of halogens is 1. The van der Waals surface area contributed by atoms with E-state index in [1.807, 2.05) is 91.0 Å². The Morgan fingerprint density at radius 2 is 1.63 bits per heavy atom. The highest BCUT2D eigenvalue weighted by Gasteiger charge is 2.44. The third-order valence-corrected chi connectivity index (χ3v) is 7.67. The Balaban J connectivity index is 1.84. The van der Waals surface area contributed by atoms with Gasteiger partial charge in [0.25, 0.3) is 0 Å². The topological polar surface area (TPSA) is 65.4 Å². The van der Waals surface area contributed by atoms with Gasteiger partial charge in [-0.2, -0.15) is 0 Å². The maximum atomic E-state index is 13.0. The SMILES string of the molecule is COc1nc2ccc(Br)cc2cc1[C@H](c1ccccc1)[C@](O)(CC[N+](C)(C)[O-])c1cccc2ccccc12. The molecule has 0 aliphatic carbocycles. The van der Waals surface area contributed by atoms with Crippen molar-refractivity contribution in [3.05, 3.63) is 123 Å². The van der Waals surface area contributed by atoms with Gasteiger partial charge in [0.2, 0.25) is 5.88 Å². The third kappa shape index (κ3) is 5.18. The minimum absolute atomic E-state index is 0.220. The zero-order chi connectivity index (χ0) is 26.9. The van der Waals surface area contributed by atoms with Crippen LogP contribution in [0, 0.1) is 5.21 Å². The number of aliphatic hydroxyl groups is 1. The molecule has 0 saturated heterocycles. The first kappa shape index (κ1) is 26.3. The second kappa shape index (κ2) is 10.5. The van der Waals surface area contributed by atoms with Crippen molar-refractivity contribution in [1.29, 1.82) is 0 Å². The minimum Gasteiger partial charge on any atom is -0.633 e. The molecule has 1 aromatic heterocycles. The average Bonchev–Trinajstić information content (AvgIpc) is 2.91. The summed E-state index contributed by atoms with van der Waals surface area (Å²) in [5.41, 5.74) is 1.79. The Labute approximate surface area is 231 Å². The maximum absolute atomic E-state index is 13.0. The Kier molecular flexibility index (Phi) is 7.25. The fourth-order valence-corrected chi connectivity index (χ4v) is 5.73. The van der Waals surface area contributed by atoms with Crippen molar-refractivity contribution in [3.8, 4) is 5.88 Å². The summed E-state index contributed by atoms with van der Waals surface area (Å²) in [7, 11) is 4.82. The van der Waals surface area contributed by atoms with E-state index in [2.05, 4.69) is 22.0 Å². The lowest BCUT2D eigenvalue weighted by Crippen LogP contribution is -2.42.